The SMILES string of the molecule is COc1cccc(CC(=O)N[C@@H]2CCN(C(=O)c3ccccc3)C[C@H]2O)c1. The van der Waals surface area contributed by atoms with Crippen LogP contribution in [0.3, 0.4) is 0 Å². The minimum absolute atomic E-state index is 0.101. The third-order valence-electron chi connectivity index (χ3n) is 4.74. The molecule has 1 aliphatic heterocycles. The molecule has 1 saturated heterocycles. The van der Waals surface area contributed by atoms with Crippen LogP contribution in [-0.4, -0.2) is 54.2 Å². The van der Waals surface area contributed by atoms with Crippen molar-refractivity contribution >= 4 is 11.8 Å². The Morgan fingerprint density at radius 2 is 1.96 bits per heavy atom. The number of amides is 2. The lowest BCUT2D eigenvalue weighted by molar-refractivity contribution is -0.122. The van der Waals surface area contributed by atoms with Crippen LogP contribution in [-0.2, 0) is 11.2 Å². The van der Waals surface area contributed by atoms with Gasteiger partial charge in [-0.05, 0) is 36.2 Å². The third-order valence-corrected chi connectivity index (χ3v) is 4.74. The van der Waals surface area contributed by atoms with E-state index in [1.165, 1.54) is 0 Å². The van der Waals surface area contributed by atoms with E-state index in [-0.39, 0.29) is 30.8 Å². The maximum absolute atomic E-state index is 12.5. The molecular weight excluding hydrogens is 344 g/mol. The predicted molar refractivity (Wildman–Crippen MR) is 102 cm³/mol. The summed E-state index contributed by atoms with van der Waals surface area (Å²) < 4.78 is 5.16. The number of nitrogens with one attached hydrogen (secondary N) is 1. The minimum atomic E-state index is -0.791. The molecule has 2 amide bonds. The number of hydrogen-bond donors (Lipinski definition) is 2. The predicted octanol–water partition coefficient (Wildman–Crippen LogP) is 1.63. The summed E-state index contributed by atoms with van der Waals surface area (Å²) in [7, 11) is 1.58. The molecule has 0 unspecified atom stereocenters. The monoisotopic (exact) mass is 368 g/mol. The van der Waals surface area contributed by atoms with Gasteiger partial charge in [-0.2, -0.15) is 0 Å². The van der Waals surface area contributed by atoms with Crippen molar-refractivity contribution in [2.24, 2.45) is 0 Å². The van der Waals surface area contributed by atoms with Crippen molar-refractivity contribution in [1.82, 2.24) is 10.2 Å². The van der Waals surface area contributed by atoms with Gasteiger partial charge in [0.15, 0.2) is 0 Å². The number of nitrogens with zero attached hydrogens (tertiary/aromatic N) is 1. The zero-order valence-electron chi connectivity index (χ0n) is 15.3. The fourth-order valence-electron chi connectivity index (χ4n) is 3.27. The van der Waals surface area contributed by atoms with E-state index in [0.29, 0.717) is 24.3 Å². The van der Waals surface area contributed by atoms with Crippen molar-refractivity contribution in [3.63, 3.8) is 0 Å². The molecule has 6 heteroatoms. The number of likely N-dealkylation sites (tertiary alicyclic amines) is 1. The third kappa shape index (κ3) is 4.86. The number of piperidine rings is 1. The molecule has 2 aromatic carbocycles. The normalized spacial score (nSPS) is 19.4. The number of carbonyl (C=O) groups excluding carboxylic acids is 2. The summed E-state index contributed by atoms with van der Waals surface area (Å²) in [5, 5.41) is 13.3. The number of ether oxygens (including phenoxy) is 1. The molecule has 6 nitrogen and oxygen atoms in total. The topological polar surface area (TPSA) is 78.9 Å². The Kier molecular flexibility index (Phi) is 6.08. The number of aliphatic hydroxyl groups is 1. The van der Waals surface area contributed by atoms with Crippen LogP contribution < -0.4 is 10.1 Å². The van der Waals surface area contributed by atoms with Crippen molar-refractivity contribution in [3.05, 3.63) is 65.7 Å². The largest absolute Gasteiger partial charge is 0.497 e. The van der Waals surface area contributed by atoms with Crippen LogP contribution in [0.2, 0.25) is 0 Å². The van der Waals surface area contributed by atoms with Crippen LogP contribution in [0.15, 0.2) is 54.6 Å². The Morgan fingerprint density at radius 3 is 2.67 bits per heavy atom. The average Bonchev–Trinajstić information content (AvgIpc) is 2.69. The van der Waals surface area contributed by atoms with Gasteiger partial charge in [-0.25, -0.2) is 0 Å². The van der Waals surface area contributed by atoms with Crippen molar-refractivity contribution in [2.75, 3.05) is 20.2 Å². The van der Waals surface area contributed by atoms with Crippen molar-refractivity contribution in [3.8, 4) is 5.75 Å². The average molecular weight is 368 g/mol. The van der Waals surface area contributed by atoms with Crippen molar-refractivity contribution in [2.45, 2.75) is 25.0 Å². The van der Waals surface area contributed by atoms with Crippen LogP contribution in [0.25, 0.3) is 0 Å². The van der Waals surface area contributed by atoms with Gasteiger partial charge in [0.2, 0.25) is 5.91 Å². The summed E-state index contributed by atoms with van der Waals surface area (Å²) in [5.41, 5.74) is 1.45. The Bertz CT molecular complexity index is 794. The van der Waals surface area contributed by atoms with Gasteiger partial charge >= 0.3 is 0 Å². The maximum atomic E-state index is 12.5. The van der Waals surface area contributed by atoms with Crippen molar-refractivity contribution in [1.29, 1.82) is 0 Å². The van der Waals surface area contributed by atoms with E-state index in [2.05, 4.69) is 5.32 Å². The van der Waals surface area contributed by atoms with E-state index in [4.69, 9.17) is 4.74 Å². The van der Waals surface area contributed by atoms with Gasteiger partial charge in [-0.3, -0.25) is 9.59 Å². The summed E-state index contributed by atoms with van der Waals surface area (Å²) >= 11 is 0. The molecule has 0 saturated carbocycles. The van der Waals surface area contributed by atoms with Crippen LogP contribution in [0, 0.1) is 0 Å². The quantitative estimate of drug-likeness (QED) is 0.841. The van der Waals surface area contributed by atoms with Gasteiger partial charge in [-0.1, -0.05) is 30.3 Å². The lowest BCUT2D eigenvalue weighted by atomic mass is 10.00. The molecule has 142 valence electrons. The number of rotatable bonds is 5. The standard InChI is InChI=1S/C21H24N2O4/c1-27-17-9-5-6-15(12-17)13-20(25)22-18-10-11-23(14-19(18)24)21(26)16-7-3-2-4-8-16/h2-9,12,18-19,24H,10-11,13-14H2,1H3,(H,22,25)/t18-,19-/m1/s1. The first-order chi connectivity index (χ1) is 13.1. The lowest BCUT2D eigenvalue weighted by Crippen LogP contribution is -2.55. The number of benzene rings is 2. The van der Waals surface area contributed by atoms with Crippen LogP contribution in [0.4, 0.5) is 0 Å². The first-order valence-corrected chi connectivity index (χ1v) is 9.01. The number of carbonyl (C=O) groups is 2. The van der Waals surface area contributed by atoms with Gasteiger partial charge in [0.25, 0.3) is 5.91 Å². The first-order valence-electron chi connectivity index (χ1n) is 9.01. The Labute approximate surface area is 158 Å². The number of β-amino-alcohol motifs (C(OH)–C–C–N with tert-alkyl or cyclic N) is 1. The van der Waals surface area contributed by atoms with Crippen LogP contribution in [0.5, 0.6) is 5.75 Å². The van der Waals surface area contributed by atoms with E-state index < -0.39 is 6.10 Å². The number of methoxy groups -OCH3 is 1. The highest BCUT2D eigenvalue weighted by Crippen LogP contribution is 2.16. The van der Waals surface area contributed by atoms with E-state index in [1.807, 2.05) is 42.5 Å². The summed E-state index contributed by atoms with van der Waals surface area (Å²) in [6, 6.07) is 16.0. The fourth-order valence-corrected chi connectivity index (χ4v) is 3.27. The first kappa shape index (κ1) is 18.9. The molecule has 27 heavy (non-hydrogen) atoms. The highest BCUT2D eigenvalue weighted by atomic mass is 16.5. The maximum Gasteiger partial charge on any atom is 0.253 e. The number of aliphatic hydroxyl groups excluding tert-OH is 1. The molecule has 1 heterocycles. The molecule has 0 aromatic heterocycles. The van der Waals surface area contributed by atoms with Gasteiger partial charge in [0.05, 0.1) is 25.7 Å². The second-order valence-corrected chi connectivity index (χ2v) is 6.68. The summed E-state index contributed by atoms with van der Waals surface area (Å²) in [6.45, 7) is 0.701. The number of hydrogen-bond acceptors (Lipinski definition) is 4. The second kappa shape index (κ2) is 8.68. The lowest BCUT2D eigenvalue weighted by Gasteiger charge is -2.36. The van der Waals surface area contributed by atoms with Gasteiger partial charge in [0.1, 0.15) is 5.75 Å². The smallest absolute Gasteiger partial charge is 0.253 e. The highest BCUT2D eigenvalue weighted by Gasteiger charge is 2.31. The molecule has 2 aromatic rings. The Hall–Kier alpha value is -2.86. The zero-order chi connectivity index (χ0) is 19.2. The molecule has 1 fully saturated rings. The summed E-state index contributed by atoms with van der Waals surface area (Å²) in [6.07, 6.45) is -0.0582. The molecule has 1 aliphatic rings. The van der Waals surface area contributed by atoms with E-state index in [0.717, 1.165) is 5.56 Å². The van der Waals surface area contributed by atoms with Crippen LogP contribution in [0.1, 0.15) is 22.3 Å². The van der Waals surface area contributed by atoms with Gasteiger partial charge < -0.3 is 20.1 Å². The zero-order valence-corrected chi connectivity index (χ0v) is 15.3. The molecule has 2 atom stereocenters. The Balaban J connectivity index is 1.53. The molecular formula is C21H24N2O4. The Morgan fingerprint density at radius 1 is 1.19 bits per heavy atom. The van der Waals surface area contributed by atoms with E-state index >= 15 is 0 Å². The van der Waals surface area contributed by atoms with Crippen molar-refractivity contribution < 1.29 is 19.4 Å². The van der Waals surface area contributed by atoms with Gasteiger partial charge in [0, 0.05) is 18.7 Å². The van der Waals surface area contributed by atoms with Gasteiger partial charge in [-0.15, -0.1) is 0 Å². The summed E-state index contributed by atoms with van der Waals surface area (Å²) in [4.78, 5) is 26.4. The second-order valence-electron chi connectivity index (χ2n) is 6.68. The molecule has 0 radical (unpaired) electrons. The summed E-state index contributed by atoms with van der Waals surface area (Å²) in [5.74, 6) is 0.444. The molecule has 0 spiro atoms. The fraction of sp³-hybridized carbons (Fsp3) is 0.333. The molecule has 0 aliphatic carbocycles. The van der Waals surface area contributed by atoms with E-state index in [9.17, 15) is 14.7 Å². The molecule has 0 bridgehead atoms. The highest BCUT2D eigenvalue weighted by molar-refractivity contribution is 5.94. The molecule has 2 N–H and O–H groups in total. The molecule has 3 rings (SSSR count). The van der Waals surface area contributed by atoms with Crippen LogP contribution >= 0.6 is 0 Å². The van der Waals surface area contributed by atoms with E-state index in [1.54, 1.807) is 24.1 Å². The minimum Gasteiger partial charge on any atom is -0.497 e.